The third kappa shape index (κ3) is 10.4. The van der Waals surface area contributed by atoms with E-state index < -0.39 is 0 Å². The second kappa shape index (κ2) is 17.3. The number of hydrogen-bond acceptors (Lipinski definition) is 2. The summed E-state index contributed by atoms with van der Waals surface area (Å²) in [7, 11) is 0. The Labute approximate surface area is 233 Å². The number of rotatable bonds is 18. The number of ether oxygens (including phenoxy) is 1. The van der Waals surface area contributed by atoms with Gasteiger partial charge in [0.1, 0.15) is 5.75 Å². The molecule has 0 saturated carbocycles. The molecule has 208 valence electrons. The van der Waals surface area contributed by atoms with Crippen LogP contribution in [-0.2, 0) is 11.2 Å². The summed E-state index contributed by atoms with van der Waals surface area (Å²) >= 11 is 0. The third-order valence-corrected chi connectivity index (χ3v) is 8.09. The molecule has 0 saturated heterocycles. The Hall–Kier alpha value is -2.35. The lowest BCUT2D eigenvalue weighted by molar-refractivity contribution is -0.116. The summed E-state index contributed by atoms with van der Waals surface area (Å²) in [6.45, 7) is 6.67. The quantitative estimate of drug-likeness (QED) is 0.184. The predicted octanol–water partition coefficient (Wildman–Crippen LogP) is 10.6. The van der Waals surface area contributed by atoms with Gasteiger partial charge in [-0.3, -0.25) is 4.79 Å². The molecule has 0 radical (unpaired) electrons. The first-order valence-corrected chi connectivity index (χ1v) is 15.7. The van der Waals surface area contributed by atoms with E-state index in [2.05, 4.69) is 57.2 Å². The van der Waals surface area contributed by atoms with Crippen molar-refractivity contribution < 1.29 is 9.53 Å². The maximum Gasteiger partial charge on any atom is 0.163 e. The van der Waals surface area contributed by atoms with Crippen molar-refractivity contribution in [3.05, 3.63) is 71.3 Å². The van der Waals surface area contributed by atoms with E-state index >= 15 is 0 Å². The Kier molecular flexibility index (Phi) is 13.7. The fraction of sp³-hybridized carbons (Fsp3) is 0.583. The lowest BCUT2D eigenvalue weighted by atomic mass is 9.81. The molecule has 2 aromatic rings. The molecule has 0 aromatic heterocycles. The van der Waals surface area contributed by atoms with Gasteiger partial charge < -0.3 is 4.74 Å². The molecule has 0 spiro atoms. The molecular formula is C36H52O2. The molecule has 0 amide bonds. The largest absolute Gasteiger partial charge is 0.491 e. The molecular weight excluding hydrogens is 464 g/mol. The van der Waals surface area contributed by atoms with E-state index in [0.29, 0.717) is 0 Å². The minimum absolute atomic E-state index is 0.0412. The zero-order chi connectivity index (χ0) is 27.0. The predicted molar refractivity (Wildman–Crippen MR) is 163 cm³/mol. The fourth-order valence-corrected chi connectivity index (χ4v) is 5.62. The van der Waals surface area contributed by atoms with Crippen molar-refractivity contribution in [3.63, 3.8) is 0 Å². The second-order valence-electron chi connectivity index (χ2n) is 11.4. The van der Waals surface area contributed by atoms with Crippen molar-refractivity contribution in [3.8, 4) is 5.75 Å². The highest BCUT2D eigenvalue weighted by Crippen LogP contribution is 2.35. The summed E-state index contributed by atoms with van der Waals surface area (Å²) in [5.41, 5.74) is 4.90. The van der Waals surface area contributed by atoms with Crippen LogP contribution in [0, 0.1) is 0 Å². The average Bonchev–Trinajstić information content (AvgIpc) is 2.93. The van der Waals surface area contributed by atoms with Crippen molar-refractivity contribution in [1.29, 1.82) is 0 Å². The van der Waals surface area contributed by atoms with Crippen LogP contribution in [0.4, 0.5) is 0 Å². The van der Waals surface area contributed by atoms with E-state index in [4.69, 9.17) is 4.74 Å². The van der Waals surface area contributed by atoms with Gasteiger partial charge in [-0.2, -0.15) is 0 Å². The van der Waals surface area contributed by atoms with Gasteiger partial charge in [0.2, 0.25) is 0 Å². The molecule has 0 fully saturated rings. The van der Waals surface area contributed by atoms with Crippen molar-refractivity contribution in [2.75, 3.05) is 0 Å². The monoisotopic (exact) mass is 516 g/mol. The highest BCUT2D eigenvalue weighted by Gasteiger charge is 2.24. The maximum atomic E-state index is 13.1. The topological polar surface area (TPSA) is 26.3 Å². The van der Waals surface area contributed by atoms with Crippen LogP contribution in [0.2, 0.25) is 0 Å². The van der Waals surface area contributed by atoms with Crippen LogP contribution in [-0.4, -0.2) is 11.9 Å². The van der Waals surface area contributed by atoms with Crippen LogP contribution in [0.3, 0.4) is 0 Å². The highest BCUT2D eigenvalue weighted by molar-refractivity contribution is 6.02. The van der Waals surface area contributed by atoms with Crippen LogP contribution in [0.25, 0.3) is 5.57 Å². The van der Waals surface area contributed by atoms with E-state index in [1.54, 1.807) is 0 Å². The summed E-state index contributed by atoms with van der Waals surface area (Å²) in [6, 6.07) is 17.2. The lowest BCUT2D eigenvalue weighted by Gasteiger charge is -2.22. The summed E-state index contributed by atoms with van der Waals surface area (Å²) < 4.78 is 6.11. The smallest absolute Gasteiger partial charge is 0.163 e. The second-order valence-corrected chi connectivity index (χ2v) is 11.4. The summed E-state index contributed by atoms with van der Waals surface area (Å²) in [5.74, 6) is 1.09. The van der Waals surface area contributed by atoms with Gasteiger partial charge >= 0.3 is 0 Å². The standard InChI is InChI=1S/C36H52O2/c1-4-6-8-10-11-12-13-15-17-30-18-20-31(21-19-30)33-24-27-35(36(37)28-33)32-22-25-34(26-23-32)38-29(3)16-14-9-7-5-2/h18-23,25-26,28-29,35H,4-17,24,27H2,1-3H3. The number of ketones is 1. The molecule has 2 heteroatoms. The Morgan fingerprint density at radius 3 is 2.00 bits per heavy atom. The average molecular weight is 517 g/mol. The zero-order valence-corrected chi connectivity index (χ0v) is 24.5. The zero-order valence-electron chi connectivity index (χ0n) is 24.5. The van der Waals surface area contributed by atoms with Crippen molar-refractivity contribution >= 4 is 11.4 Å². The summed E-state index contributed by atoms with van der Waals surface area (Å²) in [6.07, 6.45) is 22.1. The molecule has 1 aliphatic carbocycles. The SMILES string of the molecule is CCCCCCCCCCc1ccc(C2=CC(=O)C(c3ccc(OC(C)CCCCCC)cc3)CC2)cc1. The first-order valence-electron chi connectivity index (χ1n) is 15.7. The van der Waals surface area contributed by atoms with Gasteiger partial charge in [0.25, 0.3) is 0 Å². The van der Waals surface area contributed by atoms with Crippen LogP contribution in [0.15, 0.2) is 54.6 Å². The Bertz CT molecular complexity index is 954. The maximum absolute atomic E-state index is 13.1. The molecule has 3 rings (SSSR count). The Balaban J connectivity index is 1.43. The van der Waals surface area contributed by atoms with Crippen LogP contribution in [0.5, 0.6) is 5.75 Å². The minimum Gasteiger partial charge on any atom is -0.491 e. The van der Waals surface area contributed by atoms with Crippen LogP contribution in [0.1, 0.15) is 140 Å². The third-order valence-electron chi connectivity index (χ3n) is 8.09. The molecule has 2 aromatic carbocycles. The number of unbranched alkanes of at least 4 members (excludes halogenated alkanes) is 10. The first-order chi connectivity index (χ1) is 18.6. The minimum atomic E-state index is -0.0412. The van der Waals surface area contributed by atoms with Crippen molar-refractivity contribution in [2.24, 2.45) is 0 Å². The van der Waals surface area contributed by atoms with E-state index in [0.717, 1.165) is 37.0 Å². The van der Waals surface area contributed by atoms with Gasteiger partial charge in [0.05, 0.1) is 6.10 Å². The molecule has 0 heterocycles. The van der Waals surface area contributed by atoms with Crippen LogP contribution < -0.4 is 4.74 Å². The number of aryl methyl sites for hydroxylation is 1. The Morgan fingerprint density at radius 2 is 1.37 bits per heavy atom. The fourth-order valence-electron chi connectivity index (χ4n) is 5.62. The molecule has 0 bridgehead atoms. The molecule has 38 heavy (non-hydrogen) atoms. The molecule has 0 N–H and O–H groups in total. The van der Waals surface area contributed by atoms with E-state index in [1.807, 2.05) is 18.2 Å². The molecule has 2 nitrogen and oxygen atoms in total. The van der Waals surface area contributed by atoms with Gasteiger partial charge in [0.15, 0.2) is 5.78 Å². The van der Waals surface area contributed by atoms with Crippen molar-refractivity contribution in [1.82, 2.24) is 0 Å². The van der Waals surface area contributed by atoms with Gasteiger partial charge in [-0.25, -0.2) is 0 Å². The highest BCUT2D eigenvalue weighted by atomic mass is 16.5. The van der Waals surface area contributed by atoms with Gasteiger partial charge in [0, 0.05) is 5.92 Å². The summed E-state index contributed by atoms with van der Waals surface area (Å²) in [4.78, 5) is 13.1. The number of carbonyl (C=O) groups is 1. The number of carbonyl (C=O) groups excluding carboxylic acids is 1. The van der Waals surface area contributed by atoms with Gasteiger partial charge in [-0.05, 0) is 85.9 Å². The number of allylic oxidation sites excluding steroid dienone is 2. The van der Waals surface area contributed by atoms with E-state index in [9.17, 15) is 4.79 Å². The number of hydrogen-bond donors (Lipinski definition) is 0. The lowest BCUT2D eigenvalue weighted by Crippen LogP contribution is -2.15. The molecule has 1 aliphatic rings. The molecule has 2 unspecified atom stereocenters. The number of benzene rings is 2. The van der Waals surface area contributed by atoms with Gasteiger partial charge in [-0.15, -0.1) is 0 Å². The summed E-state index contributed by atoms with van der Waals surface area (Å²) in [5, 5.41) is 0. The van der Waals surface area contributed by atoms with E-state index in [1.165, 1.54) is 93.7 Å². The van der Waals surface area contributed by atoms with E-state index in [-0.39, 0.29) is 17.8 Å². The molecule has 0 aliphatic heterocycles. The normalized spacial score (nSPS) is 16.3. The Morgan fingerprint density at radius 1 is 0.763 bits per heavy atom. The van der Waals surface area contributed by atoms with Crippen molar-refractivity contribution in [2.45, 2.75) is 136 Å². The first kappa shape index (κ1) is 30.2. The molecule has 2 atom stereocenters. The van der Waals surface area contributed by atoms with Gasteiger partial charge in [-0.1, -0.05) is 114 Å². The van der Waals surface area contributed by atoms with Crippen LogP contribution >= 0.6 is 0 Å².